The van der Waals surface area contributed by atoms with Crippen LogP contribution in [0.5, 0.6) is 11.5 Å². The topological polar surface area (TPSA) is 54.9 Å². The van der Waals surface area contributed by atoms with Crippen LogP contribution in [0.15, 0.2) is 23.2 Å². The van der Waals surface area contributed by atoms with Crippen molar-refractivity contribution in [1.82, 2.24) is 10.6 Å². The van der Waals surface area contributed by atoms with Crippen LogP contribution in [0.25, 0.3) is 0 Å². The minimum atomic E-state index is -2.93. The lowest BCUT2D eigenvalue weighted by Gasteiger charge is -2.16. The van der Waals surface area contributed by atoms with Gasteiger partial charge in [0.15, 0.2) is 17.5 Å². The molecule has 0 bridgehead atoms. The quantitative estimate of drug-likeness (QED) is 0.297. The third-order valence-electron chi connectivity index (χ3n) is 2.60. The van der Waals surface area contributed by atoms with E-state index in [2.05, 4.69) is 26.3 Å². The minimum absolute atomic E-state index is 0. The van der Waals surface area contributed by atoms with Gasteiger partial charge in [0.1, 0.15) is 0 Å². The van der Waals surface area contributed by atoms with Crippen LogP contribution < -0.4 is 20.1 Å². The van der Waals surface area contributed by atoms with Gasteiger partial charge in [-0.1, -0.05) is 18.1 Å². The molecule has 0 spiro atoms. The Morgan fingerprint density at radius 2 is 2.13 bits per heavy atom. The molecule has 0 amide bonds. The molecule has 5 nitrogen and oxygen atoms in total. The van der Waals surface area contributed by atoms with Gasteiger partial charge in [0.2, 0.25) is 0 Å². The van der Waals surface area contributed by atoms with Crippen LogP contribution in [0.2, 0.25) is 0 Å². The maximum Gasteiger partial charge on any atom is 0.387 e. The number of terminal acetylenes is 1. The van der Waals surface area contributed by atoms with Gasteiger partial charge in [-0.2, -0.15) is 8.78 Å². The van der Waals surface area contributed by atoms with E-state index in [1.807, 2.05) is 0 Å². The monoisotopic (exact) mass is 439 g/mol. The van der Waals surface area contributed by atoms with Crippen LogP contribution in [0.3, 0.4) is 0 Å². The van der Waals surface area contributed by atoms with Crippen molar-refractivity contribution in [3.05, 3.63) is 23.8 Å². The first-order valence-electron chi connectivity index (χ1n) is 6.69. The summed E-state index contributed by atoms with van der Waals surface area (Å²) in [6.45, 7) is -0.282. The minimum Gasteiger partial charge on any atom is -0.490 e. The predicted molar refractivity (Wildman–Crippen MR) is 96.7 cm³/mol. The Labute approximate surface area is 151 Å². The number of para-hydroxylation sites is 1. The van der Waals surface area contributed by atoms with Crippen molar-refractivity contribution in [2.24, 2.45) is 4.99 Å². The Balaban J connectivity index is 0.00000484. The van der Waals surface area contributed by atoms with Gasteiger partial charge in [0, 0.05) is 19.2 Å². The number of rotatable bonds is 7. The first-order chi connectivity index (χ1) is 10.6. The molecule has 0 saturated heterocycles. The number of nitrogens with zero attached hydrogens (tertiary/aromatic N) is 1. The van der Waals surface area contributed by atoms with Gasteiger partial charge in [-0.05, 0) is 13.0 Å². The van der Waals surface area contributed by atoms with E-state index in [-0.39, 0.29) is 42.0 Å². The summed E-state index contributed by atoms with van der Waals surface area (Å²) in [5.41, 5.74) is 0.523. The lowest BCUT2D eigenvalue weighted by molar-refractivity contribution is -0.0520. The van der Waals surface area contributed by atoms with Gasteiger partial charge in [0.05, 0.1) is 13.2 Å². The van der Waals surface area contributed by atoms with E-state index in [9.17, 15) is 8.78 Å². The molecule has 0 heterocycles. The normalized spacial score (nSPS) is 10.5. The average Bonchev–Trinajstić information content (AvgIpc) is 2.50. The zero-order chi connectivity index (χ0) is 16.4. The molecule has 128 valence electrons. The van der Waals surface area contributed by atoms with E-state index in [0.29, 0.717) is 24.7 Å². The van der Waals surface area contributed by atoms with Crippen LogP contribution in [-0.2, 0) is 6.54 Å². The summed E-state index contributed by atoms with van der Waals surface area (Å²) in [6.07, 6.45) is 5.16. The average molecular weight is 439 g/mol. The second-order valence-corrected chi connectivity index (χ2v) is 4.04. The number of alkyl halides is 2. The molecule has 0 aliphatic carbocycles. The van der Waals surface area contributed by atoms with Gasteiger partial charge in [-0.25, -0.2) is 0 Å². The first kappa shape index (κ1) is 21.2. The lowest BCUT2D eigenvalue weighted by Crippen LogP contribution is -2.37. The molecule has 0 aliphatic rings. The lowest BCUT2D eigenvalue weighted by atomic mass is 10.2. The predicted octanol–water partition coefficient (Wildman–Crippen LogP) is 2.60. The summed E-state index contributed by atoms with van der Waals surface area (Å²) in [4.78, 5) is 3.97. The highest BCUT2D eigenvalue weighted by Crippen LogP contribution is 2.32. The second kappa shape index (κ2) is 11.8. The number of benzene rings is 1. The number of hydrogen-bond acceptors (Lipinski definition) is 3. The number of aliphatic imine (C=N–C) groups is 1. The fourth-order valence-corrected chi connectivity index (χ4v) is 1.73. The second-order valence-electron chi connectivity index (χ2n) is 4.04. The molecule has 1 aromatic rings. The van der Waals surface area contributed by atoms with E-state index < -0.39 is 6.61 Å². The van der Waals surface area contributed by atoms with E-state index >= 15 is 0 Å². The third kappa shape index (κ3) is 7.36. The zero-order valence-corrected chi connectivity index (χ0v) is 15.3. The fraction of sp³-hybridized carbons (Fsp3) is 0.400. The molecule has 8 heteroatoms. The molecule has 0 radical (unpaired) electrons. The van der Waals surface area contributed by atoms with Crippen molar-refractivity contribution >= 4 is 29.9 Å². The number of ether oxygens (including phenoxy) is 2. The molecule has 1 aromatic carbocycles. The smallest absolute Gasteiger partial charge is 0.387 e. The maximum absolute atomic E-state index is 12.6. The first-order valence-corrected chi connectivity index (χ1v) is 6.69. The maximum atomic E-state index is 12.6. The van der Waals surface area contributed by atoms with Gasteiger partial charge in [-0.3, -0.25) is 4.99 Å². The van der Waals surface area contributed by atoms with Crippen molar-refractivity contribution in [2.45, 2.75) is 20.1 Å². The zero-order valence-electron chi connectivity index (χ0n) is 12.9. The Kier molecular flexibility index (Phi) is 10.9. The molecule has 23 heavy (non-hydrogen) atoms. The highest BCUT2D eigenvalue weighted by atomic mass is 127. The summed E-state index contributed by atoms with van der Waals surface area (Å²) < 4.78 is 35.1. The SMILES string of the molecule is C#CCNC(=NC)NCc1cccc(OCC)c1OC(F)F.I. The van der Waals surface area contributed by atoms with Gasteiger partial charge >= 0.3 is 6.61 Å². The van der Waals surface area contributed by atoms with Gasteiger partial charge in [0.25, 0.3) is 0 Å². The molecule has 0 saturated carbocycles. The van der Waals surface area contributed by atoms with Crippen LogP contribution >= 0.6 is 24.0 Å². The highest BCUT2D eigenvalue weighted by Gasteiger charge is 2.15. The highest BCUT2D eigenvalue weighted by molar-refractivity contribution is 14.0. The number of guanidine groups is 1. The van der Waals surface area contributed by atoms with Gasteiger partial charge < -0.3 is 20.1 Å². The molecule has 0 fully saturated rings. The van der Waals surface area contributed by atoms with Crippen molar-refractivity contribution in [3.8, 4) is 23.8 Å². The number of halogens is 3. The van der Waals surface area contributed by atoms with Crippen molar-refractivity contribution < 1.29 is 18.3 Å². The van der Waals surface area contributed by atoms with E-state index in [0.717, 1.165) is 0 Å². The van der Waals surface area contributed by atoms with E-state index in [4.69, 9.17) is 11.2 Å². The summed E-state index contributed by atoms with van der Waals surface area (Å²) in [7, 11) is 1.58. The van der Waals surface area contributed by atoms with Crippen LogP contribution in [0.1, 0.15) is 12.5 Å². The van der Waals surface area contributed by atoms with Crippen LogP contribution in [-0.4, -0.2) is 32.8 Å². The Morgan fingerprint density at radius 1 is 1.39 bits per heavy atom. The van der Waals surface area contributed by atoms with Crippen molar-refractivity contribution in [3.63, 3.8) is 0 Å². The van der Waals surface area contributed by atoms with Crippen LogP contribution in [0.4, 0.5) is 8.78 Å². The molecular formula is C15H20F2IN3O2. The summed E-state index contributed by atoms with van der Waals surface area (Å²) in [6, 6.07) is 4.95. The molecule has 1 rings (SSSR count). The molecule has 2 N–H and O–H groups in total. The largest absolute Gasteiger partial charge is 0.490 e. The van der Waals surface area contributed by atoms with E-state index in [1.54, 1.807) is 32.2 Å². The Hall–Kier alpha value is -1.76. The summed E-state index contributed by atoms with van der Waals surface area (Å²) >= 11 is 0. The molecular weight excluding hydrogens is 419 g/mol. The molecule has 0 atom stereocenters. The van der Waals surface area contributed by atoms with Gasteiger partial charge in [-0.15, -0.1) is 30.4 Å². The number of nitrogens with one attached hydrogen (secondary N) is 2. The Bertz CT molecular complexity index is 548. The standard InChI is InChI=1S/C15H19F2N3O2.HI/c1-4-9-19-15(18-3)20-10-11-7-6-8-12(21-5-2)13(11)22-14(16)17;/h1,6-8,14H,5,9-10H2,2-3H3,(H2,18,19,20);1H. The van der Waals surface area contributed by atoms with Crippen molar-refractivity contribution in [1.29, 1.82) is 0 Å². The number of hydrogen-bond donors (Lipinski definition) is 2. The fourth-order valence-electron chi connectivity index (χ4n) is 1.73. The molecule has 0 aromatic heterocycles. The summed E-state index contributed by atoms with van der Waals surface area (Å²) in [5.74, 6) is 3.16. The molecule has 0 unspecified atom stereocenters. The Morgan fingerprint density at radius 3 is 2.70 bits per heavy atom. The van der Waals surface area contributed by atoms with Crippen LogP contribution in [0, 0.1) is 12.3 Å². The summed E-state index contributed by atoms with van der Waals surface area (Å²) in [5, 5.41) is 5.84. The van der Waals surface area contributed by atoms with Crippen molar-refractivity contribution in [2.75, 3.05) is 20.2 Å². The molecule has 0 aliphatic heterocycles. The third-order valence-corrected chi connectivity index (χ3v) is 2.60. The van der Waals surface area contributed by atoms with E-state index in [1.165, 1.54) is 0 Å².